The summed E-state index contributed by atoms with van der Waals surface area (Å²) in [5.74, 6) is 0.826. The molecule has 0 aliphatic heterocycles. The third-order valence-corrected chi connectivity index (χ3v) is 3.83. The third kappa shape index (κ3) is 2.66. The largest absolute Gasteiger partial charge is 0.497 e. The van der Waals surface area contributed by atoms with Gasteiger partial charge in [0.25, 0.3) is 0 Å². The Morgan fingerprint density at radius 2 is 1.94 bits per heavy atom. The zero-order valence-electron chi connectivity index (χ0n) is 10.3. The smallest absolute Gasteiger partial charge is 0.119 e. The van der Waals surface area contributed by atoms with Gasteiger partial charge in [0.15, 0.2) is 0 Å². The third-order valence-electron chi connectivity index (χ3n) is 2.59. The van der Waals surface area contributed by atoms with E-state index in [2.05, 4.69) is 6.07 Å². The molecule has 18 heavy (non-hydrogen) atoms. The van der Waals surface area contributed by atoms with Gasteiger partial charge in [-0.25, -0.2) is 0 Å². The molecule has 0 heterocycles. The molecule has 0 spiro atoms. The molecule has 90 valence electrons. The second kappa shape index (κ2) is 5.61. The van der Waals surface area contributed by atoms with Crippen molar-refractivity contribution in [2.75, 3.05) is 7.11 Å². The lowest BCUT2D eigenvalue weighted by Crippen LogP contribution is -1.87. The van der Waals surface area contributed by atoms with Gasteiger partial charge in [-0.05, 0) is 36.8 Å². The van der Waals surface area contributed by atoms with Gasteiger partial charge in [0.05, 0.1) is 12.7 Å². The van der Waals surface area contributed by atoms with Crippen LogP contribution in [0.3, 0.4) is 0 Å². The average Bonchev–Trinajstić information content (AvgIpc) is 2.41. The van der Waals surface area contributed by atoms with Crippen LogP contribution in [0.4, 0.5) is 0 Å². The highest BCUT2D eigenvalue weighted by Crippen LogP contribution is 2.34. The van der Waals surface area contributed by atoms with Crippen molar-refractivity contribution >= 4 is 11.8 Å². The predicted molar refractivity (Wildman–Crippen MR) is 73.0 cm³/mol. The van der Waals surface area contributed by atoms with Crippen molar-refractivity contribution in [2.45, 2.75) is 16.7 Å². The van der Waals surface area contributed by atoms with Crippen LogP contribution in [-0.2, 0) is 0 Å². The maximum Gasteiger partial charge on any atom is 0.119 e. The van der Waals surface area contributed by atoms with Crippen LogP contribution >= 0.6 is 11.8 Å². The average molecular weight is 255 g/mol. The summed E-state index contributed by atoms with van der Waals surface area (Å²) in [6.07, 6.45) is 0. The summed E-state index contributed by atoms with van der Waals surface area (Å²) in [5.41, 5.74) is 1.82. The van der Waals surface area contributed by atoms with Gasteiger partial charge in [-0.15, -0.1) is 0 Å². The fourth-order valence-corrected chi connectivity index (χ4v) is 2.67. The molecule has 0 aliphatic carbocycles. The quantitative estimate of drug-likeness (QED) is 0.830. The zero-order chi connectivity index (χ0) is 13.0. The molecule has 2 nitrogen and oxygen atoms in total. The first-order valence-electron chi connectivity index (χ1n) is 5.56. The summed E-state index contributed by atoms with van der Waals surface area (Å²) in [7, 11) is 1.65. The minimum atomic E-state index is 0.711. The van der Waals surface area contributed by atoms with Crippen LogP contribution in [0, 0.1) is 18.3 Å². The van der Waals surface area contributed by atoms with Crippen molar-refractivity contribution in [1.82, 2.24) is 0 Å². The van der Waals surface area contributed by atoms with E-state index in [-0.39, 0.29) is 0 Å². The fourth-order valence-electron chi connectivity index (χ4n) is 1.66. The SMILES string of the molecule is COc1cccc(Sc2c(C)cccc2C#N)c1. The van der Waals surface area contributed by atoms with Crippen LogP contribution in [0.2, 0.25) is 0 Å². The Balaban J connectivity index is 2.37. The topological polar surface area (TPSA) is 33.0 Å². The lowest BCUT2D eigenvalue weighted by molar-refractivity contribution is 0.413. The second-order valence-electron chi connectivity index (χ2n) is 3.84. The van der Waals surface area contributed by atoms with Gasteiger partial charge in [-0.2, -0.15) is 5.26 Å². The van der Waals surface area contributed by atoms with Crippen LogP contribution in [0.5, 0.6) is 5.75 Å². The Morgan fingerprint density at radius 3 is 2.67 bits per heavy atom. The van der Waals surface area contributed by atoms with Crippen molar-refractivity contribution in [3.8, 4) is 11.8 Å². The lowest BCUT2D eigenvalue weighted by atomic mass is 10.1. The minimum Gasteiger partial charge on any atom is -0.497 e. The molecular formula is C15H13NOS. The van der Waals surface area contributed by atoms with E-state index in [4.69, 9.17) is 10.00 Å². The molecule has 0 amide bonds. The highest BCUT2D eigenvalue weighted by atomic mass is 32.2. The van der Waals surface area contributed by atoms with E-state index in [1.165, 1.54) is 0 Å². The number of nitriles is 1. The van der Waals surface area contributed by atoms with E-state index in [0.29, 0.717) is 5.56 Å². The molecule has 0 bridgehead atoms. The van der Waals surface area contributed by atoms with E-state index < -0.39 is 0 Å². The number of benzene rings is 2. The number of hydrogen-bond donors (Lipinski definition) is 0. The van der Waals surface area contributed by atoms with Gasteiger partial charge < -0.3 is 4.74 Å². The number of ether oxygens (including phenoxy) is 1. The molecule has 0 radical (unpaired) electrons. The maximum absolute atomic E-state index is 9.13. The lowest BCUT2D eigenvalue weighted by Gasteiger charge is -2.08. The summed E-state index contributed by atoms with van der Waals surface area (Å²) >= 11 is 1.59. The number of aryl methyl sites for hydroxylation is 1. The first kappa shape index (κ1) is 12.5. The number of rotatable bonds is 3. The number of nitrogens with zero attached hydrogens (tertiary/aromatic N) is 1. The standard InChI is InChI=1S/C15H13NOS/c1-11-5-3-6-12(10-16)15(11)18-14-8-4-7-13(9-14)17-2/h3-9H,1-2H3. The minimum absolute atomic E-state index is 0.711. The fraction of sp³-hybridized carbons (Fsp3) is 0.133. The Hall–Kier alpha value is -1.92. The van der Waals surface area contributed by atoms with Crippen LogP contribution in [0.1, 0.15) is 11.1 Å². The van der Waals surface area contributed by atoms with E-state index in [1.54, 1.807) is 18.9 Å². The molecule has 0 atom stereocenters. The van der Waals surface area contributed by atoms with Crippen LogP contribution in [0.15, 0.2) is 52.3 Å². The summed E-state index contributed by atoms with van der Waals surface area (Å²) in [4.78, 5) is 2.08. The summed E-state index contributed by atoms with van der Waals surface area (Å²) in [6.45, 7) is 2.02. The van der Waals surface area contributed by atoms with Crippen molar-refractivity contribution in [2.24, 2.45) is 0 Å². The van der Waals surface area contributed by atoms with E-state index >= 15 is 0 Å². The molecule has 0 aromatic heterocycles. The molecule has 2 aromatic rings. The Bertz CT molecular complexity index is 602. The molecule has 2 rings (SSSR count). The van der Waals surface area contributed by atoms with Gasteiger partial charge >= 0.3 is 0 Å². The summed E-state index contributed by atoms with van der Waals surface area (Å²) in [6, 6.07) is 15.8. The molecule has 0 saturated carbocycles. The van der Waals surface area contributed by atoms with Crippen molar-refractivity contribution in [1.29, 1.82) is 5.26 Å². The summed E-state index contributed by atoms with van der Waals surface area (Å²) in [5, 5.41) is 9.13. The zero-order valence-corrected chi connectivity index (χ0v) is 11.1. The molecule has 2 aromatic carbocycles. The monoisotopic (exact) mass is 255 g/mol. The van der Waals surface area contributed by atoms with Gasteiger partial charge in [0, 0.05) is 9.79 Å². The van der Waals surface area contributed by atoms with Crippen molar-refractivity contribution < 1.29 is 4.74 Å². The molecule has 3 heteroatoms. The Kier molecular flexibility index (Phi) is 3.91. The highest BCUT2D eigenvalue weighted by molar-refractivity contribution is 7.99. The number of hydrogen-bond acceptors (Lipinski definition) is 3. The first-order chi connectivity index (χ1) is 8.74. The van der Waals surface area contributed by atoms with Crippen LogP contribution < -0.4 is 4.74 Å². The Morgan fingerprint density at radius 1 is 1.17 bits per heavy atom. The van der Waals surface area contributed by atoms with Crippen molar-refractivity contribution in [3.63, 3.8) is 0 Å². The second-order valence-corrected chi connectivity index (χ2v) is 4.93. The van der Waals surface area contributed by atoms with Crippen molar-refractivity contribution in [3.05, 3.63) is 53.6 Å². The van der Waals surface area contributed by atoms with E-state index in [1.807, 2.05) is 49.4 Å². The molecule has 0 N–H and O–H groups in total. The molecule has 0 unspecified atom stereocenters. The van der Waals surface area contributed by atoms with Crippen LogP contribution in [0.25, 0.3) is 0 Å². The first-order valence-corrected chi connectivity index (χ1v) is 6.38. The molecule has 0 fully saturated rings. The van der Waals surface area contributed by atoms with Gasteiger partial charge in [0.1, 0.15) is 11.8 Å². The maximum atomic E-state index is 9.13. The Labute approximate surface area is 111 Å². The van der Waals surface area contributed by atoms with Crippen LogP contribution in [-0.4, -0.2) is 7.11 Å². The summed E-state index contributed by atoms with van der Waals surface area (Å²) < 4.78 is 5.20. The van der Waals surface area contributed by atoms with Gasteiger partial charge in [-0.1, -0.05) is 30.0 Å². The molecule has 0 aliphatic rings. The molecular weight excluding hydrogens is 242 g/mol. The normalized spacial score (nSPS) is 9.83. The number of methoxy groups -OCH3 is 1. The van der Waals surface area contributed by atoms with Gasteiger partial charge in [-0.3, -0.25) is 0 Å². The predicted octanol–water partition coefficient (Wildman–Crippen LogP) is 4.03. The van der Waals surface area contributed by atoms with Gasteiger partial charge in [0.2, 0.25) is 0 Å². The molecule has 0 saturated heterocycles. The van der Waals surface area contributed by atoms with E-state index in [9.17, 15) is 0 Å². The van der Waals surface area contributed by atoms with E-state index in [0.717, 1.165) is 21.1 Å². The highest BCUT2D eigenvalue weighted by Gasteiger charge is 2.07.